The van der Waals surface area contributed by atoms with Crippen molar-refractivity contribution in [2.24, 2.45) is 0 Å². The number of rotatable bonds is 1. The van der Waals surface area contributed by atoms with Gasteiger partial charge in [-0.25, -0.2) is 0 Å². The highest BCUT2D eigenvalue weighted by Gasteiger charge is 1.95. The van der Waals surface area contributed by atoms with E-state index in [1.54, 1.807) is 0 Å². The fourth-order valence-electron chi connectivity index (χ4n) is 0.602. The molecule has 0 amide bonds. The van der Waals surface area contributed by atoms with Crippen LogP contribution in [0.4, 0.5) is 0 Å². The van der Waals surface area contributed by atoms with E-state index in [9.17, 15) is 0 Å². The largest absolute Gasteiger partial charge is 0.406 e. The lowest BCUT2D eigenvalue weighted by molar-refractivity contribution is 0.517. The third kappa shape index (κ3) is 2.57. The van der Waals surface area contributed by atoms with Crippen molar-refractivity contribution in [3.05, 3.63) is 28.7 Å². The van der Waals surface area contributed by atoms with Gasteiger partial charge >= 0.3 is 0 Å². The minimum atomic E-state index is 0.722. The summed E-state index contributed by atoms with van der Waals surface area (Å²) in [6.07, 6.45) is 2.44. The molecular weight excluding hydrogens is 272 g/mol. The Kier molecular flexibility index (Phi) is 3.47. The maximum atomic E-state index is 5.03. The molecule has 0 aromatic heterocycles. The predicted molar refractivity (Wildman–Crippen MR) is 51.5 cm³/mol. The SMILES string of the molecule is BrC#COc1ccccc1Br. The molecule has 0 saturated heterocycles. The van der Waals surface area contributed by atoms with Gasteiger partial charge in [-0.1, -0.05) is 12.1 Å². The first-order valence-corrected chi connectivity index (χ1v) is 4.45. The van der Waals surface area contributed by atoms with E-state index in [1.807, 2.05) is 24.3 Å². The molecule has 0 atom stereocenters. The van der Waals surface area contributed by atoms with Gasteiger partial charge in [0.1, 0.15) is 6.11 Å². The predicted octanol–water partition coefficient (Wildman–Crippen LogP) is 3.14. The molecule has 1 nitrogen and oxygen atoms in total. The van der Waals surface area contributed by atoms with Crippen LogP contribution in [0.1, 0.15) is 0 Å². The van der Waals surface area contributed by atoms with E-state index in [0.717, 1.165) is 10.2 Å². The highest BCUT2D eigenvalue weighted by atomic mass is 79.9. The molecule has 0 aliphatic rings. The number of ether oxygens (including phenoxy) is 1. The molecule has 1 rings (SSSR count). The van der Waals surface area contributed by atoms with Crippen LogP contribution < -0.4 is 4.74 Å². The van der Waals surface area contributed by atoms with Gasteiger partial charge in [-0.15, -0.1) is 0 Å². The number of benzene rings is 1. The van der Waals surface area contributed by atoms with E-state index in [1.165, 1.54) is 0 Å². The van der Waals surface area contributed by atoms with Crippen LogP contribution in [0.5, 0.6) is 5.75 Å². The number of para-hydroxylation sites is 1. The van der Waals surface area contributed by atoms with Gasteiger partial charge in [0, 0.05) is 20.8 Å². The number of hydrogen-bond acceptors (Lipinski definition) is 1. The highest BCUT2D eigenvalue weighted by molar-refractivity contribution is 9.12. The Labute approximate surface area is 82.0 Å². The second-order valence-electron chi connectivity index (χ2n) is 1.73. The van der Waals surface area contributed by atoms with Crippen molar-refractivity contribution in [2.45, 2.75) is 0 Å². The van der Waals surface area contributed by atoms with E-state index in [2.05, 4.69) is 42.8 Å². The standard InChI is InChI=1S/C8H4Br2O/c9-5-6-11-8-4-2-1-3-7(8)10/h1-4H. The normalized spacial score (nSPS) is 8.18. The fourth-order valence-corrected chi connectivity index (χ4v) is 1.05. The summed E-state index contributed by atoms with van der Waals surface area (Å²) in [4.78, 5) is 2.46. The van der Waals surface area contributed by atoms with Gasteiger partial charge in [-0.05, 0) is 28.1 Å². The van der Waals surface area contributed by atoms with Crippen molar-refractivity contribution < 1.29 is 4.74 Å². The van der Waals surface area contributed by atoms with Crippen LogP contribution in [0.25, 0.3) is 0 Å². The Morgan fingerprint density at radius 2 is 2.00 bits per heavy atom. The summed E-state index contributed by atoms with van der Waals surface area (Å²) in [6, 6.07) is 7.53. The topological polar surface area (TPSA) is 9.23 Å². The molecule has 0 radical (unpaired) electrons. The zero-order chi connectivity index (χ0) is 8.10. The van der Waals surface area contributed by atoms with Crippen molar-refractivity contribution in [1.29, 1.82) is 0 Å². The lowest BCUT2D eigenvalue weighted by atomic mass is 10.3. The van der Waals surface area contributed by atoms with Gasteiger partial charge in [0.15, 0.2) is 5.75 Å². The van der Waals surface area contributed by atoms with Gasteiger partial charge in [-0.3, -0.25) is 0 Å². The molecular formula is C8H4Br2O. The van der Waals surface area contributed by atoms with Crippen LogP contribution in [0.2, 0.25) is 0 Å². The maximum absolute atomic E-state index is 5.03. The summed E-state index contributed by atoms with van der Waals surface area (Å²) >= 11 is 6.25. The zero-order valence-electron chi connectivity index (χ0n) is 5.47. The Morgan fingerprint density at radius 1 is 1.27 bits per heavy atom. The van der Waals surface area contributed by atoms with Gasteiger partial charge in [-0.2, -0.15) is 0 Å². The average molecular weight is 276 g/mol. The molecule has 1 aromatic rings. The first-order valence-electron chi connectivity index (χ1n) is 2.86. The maximum Gasteiger partial charge on any atom is 0.154 e. The molecule has 0 N–H and O–H groups in total. The second kappa shape index (κ2) is 4.42. The summed E-state index contributed by atoms with van der Waals surface area (Å²) in [5.41, 5.74) is 0. The monoisotopic (exact) mass is 274 g/mol. The minimum absolute atomic E-state index is 0.722. The fraction of sp³-hybridized carbons (Fsp3) is 0. The van der Waals surface area contributed by atoms with Crippen molar-refractivity contribution in [2.75, 3.05) is 0 Å². The van der Waals surface area contributed by atoms with E-state index < -0.39 is 0 Å². The molecule has 0 unspecified atom stereocenters. The average Bonchev–Trinajstić information content (AvgIpc) is 2.03. The van der Waals surface area contributed by atoms with Crippen LogP contribution in [-0.2, 0) is 0 Å². The van der Waals surface area contributed by atoms with E-state index >= 15 is 0 Å². The summed E-state index contributed by atoms with van der Waals surface area (Å²) in [7, 11) is 0. The molecule has 0 saturated carbocycles. The lowest BCUT2D eigenvalue weighted by Gasteiger charge is -1.97. The quantitative estimate of drug-likeness (QED) is 0.716. The van der Waals surface area contributed by atoms with Crippen LogP contribution in [0, 0.1) is 10.9 Å². The molecule has 0 aliphatic carbocycles. The molecule has 0 spiro atoms. The van der Waals surface area contributed by atoms with Gasteiger partial charge < -0.3 is 4.74 Å². The second-order valence-corrected chi connectivity index (χ2v) is 2.98. The Hall–Kier alpha value is -0.460. The van der Waals surface area contributed by atoms with Crippen molar-refractivity contribution in [1.82, 2.24) is 0 Å². The summed E-state index contributed by atoms with van der Waals surface area (Å²) in [5.74, 6) is 0.722. The summed E-state index contributed by atoms with van der Waals surface area (Å²) in [6.45, 7) is 0. The van der Waals surface area contributed by atoms with Crippen LogP contribution in [0.3, 0.4) is 0 Å². The van der Waals surface area contributed by atoms with E-state index in [0.29, 0.717) is 0 Å². The Morgan fingerprint density at radius 3 is 2.64 bits per heavy atom. The van der Waals surface area contributed by atoms with Crippen molar-refractivity contribution >= 4 is 31.9 Å². The highest BCUT2D eigenvalue weighted by Crippen LogP contribution is 2.23. The lowest BCUT2D eigenvalue weighted by Crippen LogP contribution is -1.81. The first kappa shape index (κ1) is 8.63. The molecule has 0 fully saturated rings. The van der Waals surface area contributed by atoms with Crippen LogP contribution in [-0.4, -0.2) is 0 Å². The van der Waals surface area contributed by atoms with Crippen molar-refractivity contribution in [3.63, 3.8) is 0 Å². The Balaban J connectivity index is 2.83. The molecule has 0 aliphatic heterocycles. The van der Waals surface area contributed by atoms with Crippen LogP contribution >= 0.6 is 31.9 Å². The molecule has 0 bridgehead atoms. The van der Waals surface area contributed by atoms with E-state index in [-0.39, 0.29) is 0 Å². The van der Waals surface area contributed by atoms with Gasteiger partial charge in [0.05, 0.1) is 4.47 Å². The summed E-state index contributed by atoms with van der Waals surface area (Å²) < 4.78 is 5.93. The third-order valence-electron chi connectivity index (χ3n) is 1.04. The Bertz CT molecular complexity index is 298. The number of halogens is 2. The third-order valence-corrected chi connectivity index (χ3v) is 1.85. The molecule has 11 heavy (non-hydrogen) atoms. The smallest absolute Gasteiger partial charge is 0.154 e. The van der Waals surface area contributed by atoms with Crippen molar-refractivity contribution in [3.8, 4) is 16.7 Å². The molecule has 3 heteroatoms. The number of hydrogen-bond donors (Lipinski definition) is 0. The van der Waals surface area contributed by atoms with E-state index in [4.69, 9.17) is 4.74 Å². The van der Waals surface area contributed by atoms with Gasteiger partial charge in [0.2, 0.25) is 0 Å². The molecule has 0 heterocycles. The summed E-state index contributed by atoms with van der Waals surface area (Å²) in [5, 5.41) is 0. The van der Waals surface area contributed by atoms with Gasteiger partial charge in [0.25, 0.3) is 0 Å². The molecule has 56 valence electrons. The first-order chi connectivity index (χ1) is 5.34. The molecule has 1 aromatic carbocycles. The zero-order valence-corrected chi connectivity index (χ0v) is 8.65. The van der Waals surface area contributed by atoms with Crippen LogP contribution in [0.15, 0.2) is 28.7 Å². The minimum Gasteiger partial charge on any atom is -0.406 e.